The quantitative estimate of drug-likeness (QED) is 0.278. The Labute approximate surface area is 194 Å². The molecule has 32 heavy (non-hydrogen) atoms. The maximum absolute atomic E-state index is 2.51. The molecule has 0 saturated heterocycles. The molecular weight excluding hydrogens is 384 g/mol. The van der Waals surface area contributed by atoms with E-state index in [1.54, 1.807) is 0 Å². The molecule has 0 fully saturated rings. The zero-order valence-corrected chi connectivity index (χ0v) is 20.7. The predicted octanol–water partition coefficient (Wildman–Crippen LogP) is 9.86. The largest absolute Gasteiger partial charge is 0.0651 e. The van der Waals surface area contributed by atoms with Gasteiger partial charge in [0, 0.05) is 0 Å². The Hall–Kier alpha value is -2.60. The molecule has 4 rings (SSSR count). The summed E-state index contributed by atoms with van der Waals surface area (Å²) in [5.74, 6) is 1.85. The van der Waals surface area contributed by atoms with Gasteiger partial charge in [-0.2, -0.15) is 0 Å². The summed E-state index contributed by atoms with van der Waals surface area (Å²) in [6, 6.07) is 29.3. The van der Waals surface area contributed by atoms with Crippen LogP contribution < -0.4 is 0 Å². The summed E-state index contributed by atoms with van der Waals surface area (Å²) in [5.41, 5.74) is 4.51. The molecule has 0 aliphatic carbocycles. The molecule has 4 aromatic carbocycles. The standard InChI is InChI=1S/C32H38/c1-7-29(22(3)4)32(5,6)30(8-2)28-21-20-24-15-10-12-18-26(24)31(28)27-19-13-16-23-14-9-11-17-25(23)27/h9-22,29-30H,7-8H2,1-6H3. The van der Waals surface area contributed by atoms with Crippen LogP contribution in [0.25, 0.3) is 32.7 Å². The fourth-order valence-corrected chi connectivity index (χ4v) is 6.58. The van der Waals surface area contributed by atoms with Gasteiger partial charge in [-0.3, -0.25) is 0 Å². The first-order chi connectivity index (χ1) is 15.4. The van der Waals surface area contributed by atoms with E-state index in [4.69, 9.17) is 0 Å². The van der Waals surface area contributed by atoms with E-state index in [2.05, 4.69) is 120 Å². The Kier molecular flexibility index (Phi) is 6.42. The highest BCUT2D eigenvalue weighted by Gasteiger charge is 2.39. The first kappa shape index (κ1) is 22.6. The lowest BCUT2D eigenvalue weighted by atomic mass is 9.61. The number of fused-ring (bicyclic) bond motifs is 2. The number of hydrogen-bond donors (Lipinski definition) is 0. The molecule has 2 unspecified atom stereocenters. The third kappa shape index (κ3) is 3.85. The van der Waals surface area contributed by atoms with Crippen molar-refractivity contribution in [3.63, 3.8) is 0 Å². The maximum atomic E-state index is 2.51. The smallest absolute Gasteiger partial charge is 0.00640 e. The van der Waals surface area contributed by atoms with E-state index in [9.17, 15) is 0 Å². The molecule has 166 valence electrons. The molecule has 4 aromatic rings. The monoisotopic (exact) mass is 422 g/mol. The number of hydrogen-bond acceptors (Lipinski definition) is 0. The highest BCUT2D eigenvalue weighted by Crippen LogP contribution is 2.51. The van der Waals surface area contributed by atoms with Crippen LogP contribution in [0.2, 0.25) is 0 Å². The van der Waals surface area contributed by atoms with Crippen molar-refractivity contribution in [1.29, 1.82) is 0 Å². The normalized spacial score (nSPS) is 14.2. The SMILES string of the molecule is CCC(c1ccc2ccccc2c1-c1cccc2ccccc12)C(C)(C)C(CC)C(C)C. The van der Waals surface area contributed by atoms with Crippen LogP contribution in [0.4, 0.5) is 0 Å². The second-order valence-corrected chi connectivity index (χ2v) is 10.3. The summed E-state index contributed by atoms with van der Waals surface area (Å²) < 4.78 is 0. The molecule has 0 spiro atoms. The van der Waals surface area contributed by atoms with E-state index >= 15 is 0 Å². The van der Waals surface area contributed by atoms with E-state index in [0.717, 1.165) is 6.42 Å². The molecule has 0 aliphatic rings. The van der Waals surface area contributed by atoms with Crippen molar-refractivity contribution < 1.29 is 0 Å². The van der Waals surface area contributed by atoms with E-state index in [-0.39, 0.29) is 5.41 Å². The van der Waals surface area contributed by atoms with Crippen molar-refractivity contribution in [3.8, 4) is 11.1 Å². The predicted molar refractivity (Wildman–Crippen MR) is 142 cm³/mol. The molecule has 0 bridgehead atoms. The van der Waals surface area contributed by atoms with Gasteiger partial charge in [0.25, 0.3) is 0 Å². The summed E-state index contributed by atoms with van der Waals surface area (Å²) in [7, 11) is 0. The Morgan fingerprint density at radius 2 is 1.25 bits per heavy atom. The molecule has 0 saturated carbocycles. The highest BCUT2D eigenvalue weighted by molar-refractivity contribution is 6.06. The van der Waals surface area contributed by atoms with Gasteiger partial charge in [0.2, 0.25) is 0 Å². The molecule has 0 N–H and O–H groups in total. The topological polar surface area (TPSA) is 0 Å². The molecule has 0 radical (unpaired) electrons. The van der Waals surface area contributed by atoms with Crippen LogP contribution in [0.15, 0.2) is 78.9 Å². The zero-order chi connectivity index (χ0) is 22.9. The van der Waals surface area contributed by atoms with Gasteiger partial charge in [-0.15, -0.1) is 0 Å². The Morgan fingerprint density at radius 1 is 0.656 bits per heavy atom. The lowest BCUT2D eigenvalue weighted by Gasteiger charge is -2.44. The summed E-state index contributed by atoms with van der Waals surface area (Å²) >= 11 is 0. The van der Waals surface area contributed by atoms with Gasteiger partial charge in [-0.05, 0) is 67.8 Å². The Balaban J connectivity index is 2.05. The molecule has 2 atom stereocenters. The van der Waals surface area contributed by atoms with Crippen molar-refractivity contribution in [2.75, 3.05) is 0 Å². The summed E-state index contributed by atoms with van der Waals surface area (Å²) in [4.78, 5) is 0. The second-order valence-electron chi connectivity index (χ2n) is 10.3. The average Bonchev–Trinajstić information content (AvgIpc) is 2.79. The fraction of sp³-hybridized carbons (Fsp3) is 0.375. The van der Waals surface area contributed by atoms with Crippen molar-refractivity contribution >= 4 is 21.5 Å². The average molecular weight is 423 g/mol. The van der Waals surface area contributed by atoms with Crippen LogP contribution in [0, 0.1) is 17.3 Å². The molecule has 0 nitrogen and oxygen atoms in total. The lowest BCUT2D eigenvalue weighted by Crippen LogP contribution is -2.34. The molecular formula is C32H38. The number of rotatable bonds is 7. The van der Waals surface area contributed by atoms with E-state index in [1.807, 2.05) is 0 Å². The summed E-state index contributed by atoms with van der Waals surface area (Å²) in [6.07, 6.45) is 2.37. The van der Waals surface area contributed by atoms with Gasteiger partial charge < -0.3 is 0 Å². The third-order valence-electron chi connectivity index (χ3n) is 7.90. The van der Waals surface area contributed by atoms with Gasteiger partial charge in [0.1, 0.15) is 0 Å². The molecule has 0 aliphatic heterocycles. The van der Waals surface area contributed by atoms with E-state index in [0.29, 0.717) is 17.8 Å². The van der Waals surface area contributed by atoms with E-state index in [1.165, 1.54) is 44.7 Å². The van der Waals surface area contributed by atoms with Crippen molar-refractivity contribution in [1.82, 2.24) is 0 Å². The van der Waals surface area contributed by atoms with Crippen LogP contribution in [0.1, 0.15) is 65.9 Å². The molecule has 0 heteroatoms. The first-order valence-electron chi connectivity index (χ1n) is 12.4. The fourth-order valence-electron chi connectivity index (χ4n) is 6.58. The Bertz CT molecular complexity index is 1210. The van der Waals surface area contributed by atoms with Crippen LogP contribution in [0.3, 0.4) is 0 Å². The van der Waals surface area contributed by atoms with Gasteiger partial charge in [0.05, 0.1) is 0 Å². The van der Waals surface area contributed by atoms with Crippen molar-refractivity contribution in [3.05, 3.63) is 84.4 Å². The van der Waals surface area contributed by atoms with Crippen LogP contribution in [-0.2, 0) is 0 Å². The second kappa shape index (κ2) is 9.10. The summed E-state index contributed by atoms with van der Waals surface area (Å²) in [5, 5.41) is 5.34. The maximum Gasteiger partial charge on any atom is -0.00640 e. The van der Waals surface area contributed by atoms with Crippen molar-refractivity contribution in [2.24, 2.45) is 17.3 Å². The lowest BCUT2D eigenvalue weighted by molar-refractivity contribution is 0.111. The minimum absolute atomic E-state index is 0.208. The van der Waals surface area contributed by atoms with Crippen molar-refractivity contribution in [2.45, 2.75) is 60.3 Å². The minimum Gasteiger partial charge on any atom is -0.0651 e. The van der Waals surface area contributed by atoms with Gasteiger partial charge >= 0.3 is 0 Å². The van der Waals surface area contributed by atoms with Crippen LogP contribution in [0.5, 0.6) is 0 Å². The van der Waals surface area contributed by atoms with E-state index < -0.39 is 0 Å². The van der Waals surface area contributed by atoms with Crippen LogP contribution >= 0.6 is 0 Å². The first-order valence-corrected chi connectivity index (χ1v) is 12.4. The Morgan fingerprint density at radius 3 is 1.88 bits per heavy atom. The summed E-state index contributed by atoms with van der Waals surface area (Å²) in [6.45, 7) is 14.6. The van der Waals surface area contributed by atoms with Crippen LogP contribution in [-0.4, -0.2) is 0 Å². The zero-order valence-electron chi connectivity index (χ0n) is 20.7. The molecule has 0 amide bonds. The third-order valence-corrected chi connectivity index (χ3v) is 7.90. The van der Waals surface area contributed by atoms with Gasteiger partial charge in [-0.25, -0.2) is 0 Å². The highest BCUT2D eigenvalue weighted by atomic mass is 14.4. The van der Waals surface area contributed by atoms with Gasteiger partial charge in [-0.1, -0.05) is 127 Å². The number of benzene rings is 4. The van der Waals surface area contributed by atoms with Gasteiger partial charge in [0.15, 0.2) is 0 Å². The molecule has 0 heterocycles. The molecule has 0 aromatic heterocycles. The minimum atomic E-state index is 0.208.